The Bertz CT molecular complexity index is 568. The summed E-state index contributed by atoms with van der Waals surface area (Å²) in [5.74, 6) is 0.188. The van der Waals surface area contributed by atoms with Crippen molar-refractivity contribution in [3.63, 3.8) is 0 Å². The molecule has 0 saturated carbocycles. The van der Waals surface area contributed by atoms with Crippen molar-refractivity contribution in [3.05, 3.63) is 33.8 Å². The Labute approximate surface area is 127 Å². The highest BCUT2D eigenvalue weighted by Crippen LogP contribution is 2.29. The van der Waals surface area contributed by atoms with Gasteiger partial charge >= 0.3 is 0 Å². The molecule has 1 aliphatic rings. The van der Waals surface area contributed by atoms with Gasteiger partial charge in [0, 0.05) is 42.0 Å². The number of carbonyl (C=O) groups is 1. The van der Waals surface area contributed by atoms with Crippen molar-refractivity contribution in [1.82, 2.24) is 9.80 Å². The van der Waals surface area contributed by atoms with E-state index in [1.165, 1.54) is 10.4 Å². The molecule has 1 fully saturated rings. The Balaban J connectivity index is 1.69. The van der Waals surface area contributed by atoms with Crippen molar-refractivity contribution in [2.45, 2.75) is 6.92 Å². The third-order valence-electron chi connectivity index (χ3n) is 3.72. The van der Waals surface area contributed by atoms with Crippen LogP contribution < -0.4 is 0 Å². The number of amides is 1. The fourth-order valence-electron chi connectivity index (χ4n) is 2.44. The van der Waals surface area contributed by atoms with E-state index in [-0.39, 0.29) is 5.91 Å². The Hall–Kier alpha value is -1.17. The maximum atomic E-state index is 12.5. The number of likely N-dealkylation sites (N-methyl/N-ethyl adjacent to an activating group) is 1. The number of carbonyl (C=O) groups excluding carboxylic acids is 1. The van der Waals surface area contributed by atoms with Crippen molar-refractivity contribution in [1.29, 1.82) is 0 Å². The van der Waals surface area contributed by atoms with E-state index in [0.717, 1.165) is 37.6 Å². The number of hydrogen-bond donors (Lipinski definition) is 0. The number of nitrogens with zero attached hydrogens (tertiary/aromatic N) is 2. The van der Waals surface area contributed by atoms with Crippen LogP contribution in [-0.4, -0.2) is 48.4 Å². The fraction of sp³-hybridized carbons (Fsp3) is 0.400. The zero-order valence-corrected chi connectivity index (χ0v) is 13.2. The van der Waals surface area contributed by atoms with Gasteiger partial charge in [-0.05, 0) is 24.1 Å². The molecule has 0 spiro atoms. The SMILES string of the molecule is CCN1CCN(C(=O)c2cc(-c3cccs3)cs2)CC1. The Morgan fingerprint density at radius 1 is 1.25 bits per heavy atom. The Morgan fingerprint density at radius 3 is 2.70 bits per heavy atom. The highest BCUT2D eigenvalue weighted by molar-refractivity contribution is 7.15. The van der Waals surface area contributed by atoms with E-state index in [9.17, 15) is 4.79 Å². The first-order valence-corrected chi connectivity index (χ1v) is 8.68. The van der Waals surface area contributed by atoms with Crippen LogP contribution in [0.3, 0.4) is 0 Å². The largest absolute Gasteiger partial charge is 0.335 e. The number of hydrogen-bond acceptors (Lipinski definition) is 4. The normalized spacial score (nSPS) is 16.6. The molecule has 1 aliphatic heterocycles. The zero-order chi connectivity index (χ0) is 13.9. The summed E-state index contributed by atoms with van der Waals surface area (Å²) in [5.41, 5.74) is 1.17. The summed E-state index contributed by atoms with van der Waals surface area (Å²) in [4.78, 5) is 19.0. The molecule has 0 N–H and O–H groups in total. The van der Waals surface area contributed by atoms with Crippen LogP contribution in [0.2, 0.25) is 0 Å². The maximum absolute atomic E-state index is 12.5. The molecule has 5 heteroatoms. The molecule has 0 aromatic carbocycles. The van der Waals surface area contributed by atoms with Crippen LogP contribution in [0.5, 0.6) is 0 Å². The second-order valence-corrected chi connectivity index (χ2v) is 6.76. The summed E-state index contributed by atoms with van der Waals surface area (Å²) in [6, 6.07) is 6.18. The lowest BCUT2D eigenvalue weighted by Gasteiger charge is -2.33. The summed E-state index contributed by atoms with van der Waals surface area (Å²) in [5, 5.41) is 4.15. The van der Waals surface area contributed by atoms with Gasteiger partial charge < -0.3 is 9.80 Å². The van der Waals surface area contributed by atoms with Crippen LogP contribution in [0.15, 0.2) is 29.0 Å². The lowest BCUT2D eigenvalue weighted by Crippen LogP contribution is -2.48. The van der Waals surface area contributed by atoms with E-state index in [1.807, 2.05) is 17.0 Å². The van der Waals surface area contributed by atoms with E-state index in [0.29, 0.717) is 0 Å². The molecule has 1 amide bonds. The average Bonchev–Trinajstić information content (AvgIpc) is 3.17. The molecule has 0 aliphatic carbocycles. The minimum atomic E-state index is 0.188. The van der Waals surface area contributed by atoms with Crippen molar-refractivity contribution < 1.29 is 4.79 Å². The lowest BCUT2D eigenvalue weighted by molar-refractivity contribution is 0.0648. The first kappa shape index (κ1) is 13.8. The highest BCUT2D eigenvalue weighted by Gasteiger charge is 2.22. The van der Waals surface area contributed by atoms with Gasteiger partial charge in [-0.3, -0.25) is 4.79 Å². The fourth-order valence-corrected chi connectivity index (χ4v) is 4.11. The predicted octanol–water partition coefficient (Wildman–Crippen LogP) is 3.25. The van der Waals surface area contributed by atoms with Crippen LogP contribution in [0.1, 0.15) is 16.6 Å². The van der Waals surface area contributed by atoms with Gasteiger partial charge in [0.25, 0.3) is 5.91 Å². The molecule has 3 nitrogen and oxygen atoms in total. The standard InChI is InChI=1S/C15H18N2OS2/c1-2-16-5-7-17(8-6-16)15(18)14-10-12(11-20-14)13-4-3-9-19-13/h3-4,9-11H,2,5-8H2,1H3. The van der Waals surface area contributed by atoms with Gasteiger partial charge in [-0.2, -0.15) is 0 Å². The van der Waals surface area contributed by atoms with Crippen molar-refractivity contribution in [2.75, 3.05) is 32.7 Å². The Morgan fingerprint density at radius 2 is 2.05 bits per heavy atom. The molecule has 3 heterocycles. The molecule has 0 atom stereocenters. The second kappa shape index (κ2) is 6.08. The molecule has 3 rings (SSSR count). The molecular formula is C15H18N2OS2. The van der Waals surface area contributed by atoms with Crippen LogP contribution in [0.25, 0.3) is 10.4 Å². The topological polar surface area (TPSA) is 23.6 Å². The quantitative estimate of drug-likeness (QED) is 0.869. The third-order valence-corrected chi connectivity index (χ3v) is 5.56. The van der Waals surface area contributed by atoms with Gasteiger partial charge in [0.1, 0.15) is 0 Å². The highest BCUT2D eigenvalue weighted by atomic mass is 32.1. The number of thiophene rings is 2. The van der Waals surface area contributed by atoms with Gasteiger partial charge in [0.15, 0.2) is 0 Å². The van der Waals surface area contributed by atoms with Gasteiger partial charge in [-0.1, -0.05) is 13.0 Å². The summed E-state index contributed by atoms with van der Waals surface area (Å²) in [7, 11) is 0. The first-order valence-electron chi connectivity index (χ1n) is 6.92. The molecule has 0 radical (unpaired) electrons. The van der Waals surface area contributed by atoms with Crippen LogP contribution in [0, 0.1) is 0 Å². The van der Waals surface area contributed by atoms with E-state index >= 15 is 0 Å². The zero-order valence-electron chi connectivity index (χ0n) is 11.5. The minimum absolute atomic E-state index is 0.188. The van der Waals surface area contributed by atoms with Crippen molar-refractivity contribution in [2.24, 2.45) is 0 Å². The van der Waals surface area contributed by atoms with Crippen molar-refractivity contribution in [3.8, 4) is 10.4 Å². The van der Waals surface area contributed by atoms with E-state index in [2.05, 4.69) is 28.7 Å². The molecule has 0 unspecified atom stereocenters. The summed E-state index contributed by atoms with van der Waals surface area (Å²) < 4.78 is 0. The van der Waals surface area contributed by atoms with Gasteiger partial charge in [0.05, 0.1) is 4.88 Å². The summed E-state index contributed by atoms with van der Waals surface area (Å²) in [6.45, 7) is 6.92. The Kier molecular flexibility index (Phi) is 4.19. The monoisotopic (exact) mass is 306 g/mol. The summed E-state index contributed by atoms with van der Waals surface area (Å²) >= 11 is 3.27. The van der Waals surface area contributed by atoms with E-state index in [4.69, 9.17) is 0 Å². The van der Waals surface area contributed by atoms with Gasteiger partial charge in [-0.25, -0.2) is 0 Å². The molecular weight excluding hydrogens is 288 g/mol. The van der Waals surface area contributed by atoms with Gasteiger partial charge in [0.2, 0.25) is 0 Å². The average molecular weight is 306 g/mol. The van der Waals surface area contributed by atoms with E-state index in [1.54, 1.807) is 22.7 Å². The molecule has 2 aromatic heterocycles. The van der Waals surface area contributed by atoms with Crippen LogP contribution in [-0.2, 0) is 0 Å². The van der Waals surface area contributed by atoms with Crippen LogP contribution in [0.4, 0.5) is 0 Å². The molecule has 0 bridgehead atoms. The molecule has 106 valence electrons. The smallest absolute Gasteiger partial charge is 0.264 e. The number of piperazine rings is 1. The lowest BCUT2D eigenvalue weighted by atomic mass is 10.2. The minimum Gasteiger partial charge on any atom is -0.335 e. The predicted molar refractivity (Wildman–Crippen MR) is 85.6 cm³/mol. The molecule has 1 saturated heterocycles. The maximum Gasteiger partial charge on any atom is 0.264 e. The van der Waals surface area contributed by atoms with Crippen LogP contribution >= 0.6 is 22.7 Å². The van der Waals surface area contributed by atoms with E-state index < -0.39 is 0 Å². The van der Waals surface area contributed by atoms with Gasteiger partial charge in [-0.15, -0.1) is 22.7 Å². The third kappa shape index (κ3) is 2.80. The molecule has 2 aromatic rings. The first-order chi connectivity index (χ1) is 9.78. The number of rotatable bonds is 3. The molecule has 20 heavy (non-hydrogen) atoms. The summed E-state index contributed by atoms with van der Waals surface area (Å²) in [6.07, 6.45) is 0. The second-order valence-electron chi connectivity index (χ2n) is 4.90. The van der Waals surface area contributed by atoms with Crippen molar-refractivity contribution >= 4 is 28.6 Å².